The summed E-state index contributed by atoms with van der Waals surface area (Å²) in [6.45, 7) is 2.53. The lowest BCUT2D eigenvalue weighted by Crippen LogP contribution is -2.33. The van der Waals surface area contributed by atoms with Crippen molar-refractivity contribution in [1.29, 1.82) is 0 Å². The second kappa shape index (κ2) is 6.36. The molecular weight excluding hydrogens is 338 g/mol. The molecule has 1 aromatic carbocycles. The fourth-order valence-corrected chi connectivity index (χ4v) is 5.61. The summed E-state index contributed by atoms with van der Waals surface area (Å²) >= 11 is 0. The van der Waals surface area contributed by atoms with Gasteiger partial charge in [0.05, 0.1) is 24.1 Å². The van der Waals surface area contributed by atoms with Crippen LogP contribution in [0.1, 0.15) is 39.0 Å². The number of amides is 2. The highest BCUT2D eigenvalue weighted by atomic mass is 16.5. The summed E-state index contributed by atoms with van der Waals surface area (Å²) in [6, 6.07) is 7.29. The van der Waals surface area contributed by atoms with Crippen LogP contribution in [0.5, 0.6) is 5.75 Å². The highest BCUT2D eigenvalue weighted by molar-refractivity contribution is 6.23. The minimum absolute atomic E-state index is 0.0279. The number of carbonyl (C=O) groups excluding carboxylic acids is 2. The maximum Gasteiger partial charge on any atom is 0.238 e. The Morgan fingerprint density at radius 1 is 0.926 bits per heavy atom. The molecule has 0 spiro atoms. The van der Waals surface area contributed by atoms with E-state index in [1.165, 1.54) is 35.3 Å². The van der Waals surface area contributed by atoms with Gasteiger partial charge in [-0.15, -0.1) is 0 Å². The van der Waals surface area contributed by atoms with Gasteiger partial charge in [-0.25, -0.2) is 4.90 Å². The molecule has 0 aromatic heterocycles. The molecule has 1 heterocycles. The van der Waals surface area contributed by atoms with Gasteiger partial charge in [0.25, 0.3) is 0 Å². The molecule has 4 atom stereocenters. The predicted molar refractivity (Wildman–Crippen MR) is 103 cm³/mol. The number of hydrogen-bond donors (Lipinski definition) is 0. The molecule has 3 fully saturated rings. The zero-order valence-electron chi connectivity index (χ0n) is 15.7. The van der Waals surface area contributed by atoms with Crippen LogP contribution in [-0.2, 0) is 9.59 Å². The average Bonchev–Trinajstić information content (AvgIpc) is 3.33. The number of anilines is 1. The van der Waals surface area contributed by atoms with Gasteiger partial charge in [-0.3, -0.25) is 9.59 Å². The van der Waals surface area contributed by atoms with E-state index in [-0.39, 0.29) is 35.5 Å². The number of hydrogen-bond acceptors (Lipinski definition) is 3. The van der Waals surface area contributed by atoms with E-state index in [9.17, 15) is 9.59 Å². The molecule has 27 heavy (non-hydrogen) atoms. The molecule has 5 rings (SSSR count). The van der Waals surface area contributed by atoms with Crippen molar-refractivity contribution in [2.24, 2.45) is 23.7 Å². The third-order valence-electron chi connectivity index (χ3n) is 6.69. The molecule has 3 aliphatic carbocycles. The molecular formula is C23H25NO3. The third kappa shape index (κ3) is 2.42. The zero-order valence-corrected chi connectivity index (χ0v) is 15.7. The maximum atomic E-state index is 13.2. The first-order valence-corrected chi connectivity index (χ1v) is 10.2. The van der Waals surface area contributed by atoms with Crippen molar-refractivity contribution in [3.8, 4) is 5.75 Å². The molecule has 4 aliphatic rings. The summed E-state index contributed by atoms with van der Waals surface area (Å²) in [5, 5.41) is 0. The van der Waals surface area contributed by atoms with Gasteiger partial charge in [-0.05, 0) is 56.9 Å². The lowest BCUT2D eigenvalue weighted by Gasteiger charge is -2.23. The molecule has 0 N–H and O–H groups in total. The summed E-state index contributed by atoms with van der Waals surface area (Å²) in [6.07, 6.45) is 10.5. The van der Waals surface area contributed by atoms with Crippen molar-refractivity contribution < 1.29 is 14.3 Å². The predicted octanol–water partition coefficient (Wildman–Crippen LogP) is 4.27. The van der Waals surface area contributed by atoms with E-state index in [4.69, 9.17) is 4.74 Å². The second-order valence-corrected chi connectivity index (χ2v) is 8.05. The Bertz CT molecular complexity index is 809. The maximum absolute atomic E-state index is 13.2. The number of nitrogens with zero attached hydrogens (tertiary/aromatic N) is 1. The smallest absolute Gasteiger partial charge is 0.238 e. The van der Waals surface area contributed by atoms with Crippen molar-refractivity contribution >= 4 is 17.5 Å². The summed E-state index contributed by atoms with van der Waals surface area (Å²) < 4.78 is 5.47. The number of imide groups is 1. The highest BCUT2D eigenvalue weighted by Gasteiger charge is 2.62. The van der Waals surface area contributed by atoms with Crippen LogP contribution in [0.15, 0.2) is 47.6 Å². The topological polar surface area (TPSA) is 46.6 Å². The Kier molecular flexibility index (Phi) is 3.96. The molecule has 2 amide bonds. The first kappa shape index (κ1) is 16.8. The van der Waals surface area contributed by atoms with Crippen LogP contribution in [0.4, 0.5) is 5.69 Å². The second-order valence-electron chi connectivity index (χ2n) is 8.05. The molecule has 2 bridgehead atoms. The molecule has 0 unspecified atom stereocenters. The van der Waals surface area contributed by atoms with Gasteiger partial charge in [-0.1, -0.05) is 29.7 Å². The van der Waals surface area contributed by atoms with E-state index in [1.807, 2.05) is 31.2 Å². The van der Waals surface area contributed by atoms with E-state index in [0.29, 0.717) is 12.3 Å². The van der Waals surface area contributed by atoms with Crippen molar-refractivity contribution in [2.45, 2.75) is 39.0 Å². The van der Waals surface area contributed by atoms with Gasteiger partial charge in [0.1, 0.15) is 5.75 Å². The number of allylic oxidation sites excluding steroid dienone is 4. The molecule has 1 aliphatic heterocycles. The van der Waals surface area contributed by atoms with Gasteiger partial charge in [0.15, 0.2) is 0 Å². The number of fused-ring (bicyclic) bond motifs is 5. The van der Waals surface area contributed by atoms with Crippen molar-refractivity contribution in [1.82, 2.24) is 0 Å². The largest absolute Gasteiger partial charge is 0.494 e. The quantitative estimate of drug-likeness (QED) is 0.595. The van der Waals surface area contributed by atoms with Crippen molar-refractivity contribution in [2.75, 3.05) is 11.5 Å². The van der Waals surface area contributed by atoms with Crippen LogP contribution >= 0.6 is 0 Å². The fraction of sp³-hybridized carbons (Fsp3) is 0.478. The molecule has 140 valence electrons. The number of carbonyl (C=O) groups is 2. The SMILES string of the molecule is CCOc1ccc(N2C(=O)[C@@H]3[C@@H](C2=O)[C@H]2C=C[C@H]3C2=C2CCCCC2)cc1. The van der Waals surface area contributed by atoms with E-state index in [0.717, 1.165) is 18.6 Å². The van der Waals surface area contributed by atoms with Crippen LogP contribution in [-0.4, -0.2) is 18.4 Å². The van der Waals surface area contributed by atoms with Gasteiger partial charge >= 0.3 is 0 Å². The lowest BCUT2D eigenvalue weighted by molar-refractivity contribution is -0.122. The Balaban J connectivity index is 1.46. The Morgan fingerprint density at radius 3 is 2.07 bits per heavy atom. The molecule has 1 saturated heterocycles. The summed E-state index contributed by atoms with van der Waals surface area (Å²) in [5.41, 5.74) is 3.61. The molecule has 1 aromatic rings. The molecule has 4 heteroatoms. The number of benzene rings is 1. The Hall–Kier alpha value is -2.36. The van der Waals surface area contributed by atoms with Crippen LogP contribution in [0.3, 0.4) is 0 Å². The highest BCUT2D eigenvalue weighted by Crippen LogP contribution is 2.58. The summed E-state index contributed by atoms with van der Waals surface area (Å²) in [4.78, 5) is 27.9. The van der Waals surface area contributed by atoms with Crippen LogP contribution in [0.2, 0.25) is 0 Å². The van der Waals surface area contributed by atoms with E-state index in [2.05, 4.69) is 12.2 Å². The Labute approximate surface area is 159 Å². The molecule has 4 nitrogen and oxygen atoms in total. The lowest BCUT2D eigenvalue weighted by atomic mass is 9.85. The van der Waals surface area contributed by atoms with Crippen molar-refractivity contribution in [3.63, 3.8) is 0 Å². The molecule has 2 saturated carbocycles. The van der Waals surface area contributed by atoms with E-state index >= 15 is 0 Å². The van der Waals surface area contributed by atoms with E-state index < -0.39 is 0 Å². The normalized spacial score (nSPS) is 31.8. The van der Waals surface area contributed by atoms with Gasteiger partial charge in [0, 0.05) is 11.8 Å². The zero-order chi connectivity index (χ0) is 18.5. The Morgan fingerprint density at radius 2 is 1.52 bits per heavy atom. The third-order valence-corrected chi connectivity index (χ3v) is 6.69. The number of ether oxygens (including phenoxy) is 1. The van der Waals surface area contributed by atoms with Gasteiger partial charge in [0.2, 0.25) is 11.8 Å². The van der Waals surface area contributed by atoms with Crippen LogP contribution in [0.25, 0.3) is 0 Å². The summed E-state index contributed by atoms with van der Waals surface area (Å²) in [5.74, 6) is 0.563. The monoisotopic (exact) mass is 363 g/mol. The standard InChI is InChI=1S/C23H25NO3/c1-2-27-16-10-8-15(9-11-16)24-22(25)20-17-12-13-18(21(20)23(24)26)19(17)14-6-4-3-5-7-14/h8-13,17-18,20-21H,2-7H2,1H3/t17-,18-,20-,21-/m0/s1. The fourth-order valence-electron chi connectivity index (χ4n) is 5.61. The van der Waals surface area contributed by atoms with Crippen LogP contribution < -0.4 is 9.64 Å². The van der Waals surface area contributed by atoms with E-state index in [1.54, 1.807) is 0 Å². The minimum atomic E-state index is -0.205. The summed E-state index contributed by atoms with van der Waals surface area (Å²) in [7, 11) is 0. The first-order valence-electron chi connectivity index (χ1n) is 10.2. The average molecular weight is 363 g/mol. The minimum Gasteiger partial charge on any atom is -0.494 e. The molecule has 0 radical (unpaired) electrons. The van der Waals surface area contributed by atoms with Gasteiger partial charge in [-0.2, -0.15) is 0 Å². The van der Waals surface area contributed by atoms with Crippen molar-refractivity contribution in [3.05, 3.63) is 47.6 Å². The van der Waals surface area contributed by atoms with Gasteiger partial charge < -0.3 is 4.74 Å². The van der Waals surface area contributed by atoms with Crippen LogP contribution in [0, 0.1) is 23.7 Å². The first-order chi connectivity index (χ1) is 13.2. The number of rotatable bonds is 3.